The van der Waals surface area contributed by atoms with Gasteiger partial charge >= 0.3 is 0 Å². The molecule has 6 heteroatoms. The Morgan fingerprint density at radius 2 is 2.20 bits per heavy atom. The van der Waals surface area contributed by atoms with Gasteiger partial charge in [0.25, 0.3) is 0 Å². The zero-order valence-electron chi connectivity index (χ0n) is 12.1. The maximum atomic E-state index is 12.6. The van der Waals surface area contributed by atoms with E-state index in [4.69, 9.17) is 5.73 Å². The summed E-state index contributed by atoms with van der Waals surface area (Å²) in [6, 6.07) is 1.64. The van der Waals surface area contributed by atoms with E-state index < -0.39 is 10.0 Å². The zero-order valence-corrected chi connectivity index (χ0v) is 13.0. The highest BCUT2D eigenvalue weighted by Crippen LogP contribution is 2.26. The SMILES string of the molecule is CCCC1CCCN(S(=O)(=O)c2c[nH]c(CN)c2)CC1. The Labute approximate surface area is 121 Å². The number of nitrogens with zero attached hydrogens (tertiary/aromatic N) is 1. The first-order chi connectivity index (χ1) is 9.57. The third-order valence-corrected chi connectivity index (χ3v) is 5.95. The number of hydrogen-bond acceptors (Lipinski definition) is 3. The number of aromatic amines is 1. The molecule has 5 nitrogen and oxygen atoms in total. The fraction of sp³-hybridized carbons (Fsp3) is 0.714. The van der Waals surface area contributed by atoms with Gasteiger partial charge in [-0.15, -0.1) is 0 Å². The summed E-state index contributed by atoms with van der Waals surface area (Å²) in [4.78, 5) is 3.25. The van der Waals surface area contributed by atoms with E-state index in [9.17, 15) is 8.42 Å². The highest BCUT2D eigenvalue weighted by atomic mass is 32.2. The Balaban J connectivity index is 2.09. The molecule has 0 amide bonds. The lowest BCUT2D eigenvalue weighted by Crippen LogP contribution is -2.31. The minimum atomic E-state index is -3.37. The normalized spacial score (nSPS) is 21.8. The maximum Gasteiger partial charge on any atom is 0.244 e. The Hall–Kier alpha value is -0.850. The van der Waals surface area contributed by atoms with Gasteiger partial charge in [-0.05, 0) is 31.2 Å². The predicted molar refractivity (Wildman–Crippen MR) is 79.7 cm³/mol. The van der Waals surface area contributed by atoms with Crippen LogP contribution in [0.15, 0.2) is 17.2 Å². The molecule has 1 fully saturated rings. The van der Waals surface area contributed by atoms with Crippen LogP contribution in [0.2, 0.25) is 0 Å². The van der Waals surface area contributed by atoms with E-state index in [-0.39, 0.29) is 0 Å². The molecular formula is C14H25N3O2S. The smallest absolute Gasteiger partial charge is 0.244 e. The molecule has 1 saturated heterocycles. The Kier molecular flexibility index (Phi) is 5.23. The zero-order chi connectivity index (χ0) is 14.6. The number of sulfonamides is 1. The van der Waals surface area contributed by atoms with Crippen LogP contribution in [0.25, 0.3) is 0 Å². The van der Waals surface area contributed by atoms with E-state index in [1.165, 1.54) is 12.8 Å². The summed E-state index contributed by atoms with van der Waals surface area (Å²) >= 11 is 0. The largest absolute Gasteiger partial charge is 0.363 e. The van der Waals surface area contributed by atoms with Crippen LogP contribution in [0.3, 0.4) is 0 Å². The minimum Gasteiger partial charge on any atom is -0.363 e. The molecule has 0 aliphatic carbocycles. The van der Waals surface area contributed by atoms with Crippen molar-refractivity contribution in [3.05, 3.63) is 18.0 Å². The number of nitrogens with two attached hydrogens (primary N) is 1. The van der Waals surface area contributed by atoms with Crippen LogP contribution in [0.4, 0.5) is 0 Å². The number of hydrogen-bond donors (Lipinski definition) is 2. The van der Waals surface area contributed by atoms with Gasteiger partial charge in [0, 0.05) is 31.5 Å². The van der Waals surface area contributed by atoms with Crippen molar-refractivity contribution in [1.29, 1.82) is 0 Å². The van der Waals surface area contributed by atoms with Crippen molar-refractivity contribution in [2.45, 2.75) is 50.5 Å². The quantitative estimate of drug-likeness (QED) is 0.873. The van der Waals surface area contributed by atoms with Crippen molar-refractivity contribution in [3.8, 4) is 0 Å². The van der Waals surface area contributed by atoms with Gasteiger partial charge in [-0.1, -0.05) is 19.8 Å². The highest BCUT2D eigenvalue weighted by molar-refractivity contribution is 7.89. The second kappa shape index (κ2) is 6.74. The second-order valence-electron chi connectivity index (χ2n) is 5.55. The van der Waals surface area contributed by atoms with Gasteiger partial charge < -0.3 is 10.7 Å². The van der Waals surface area contributed by atoms with Gasteiger partial charge in [-0.25, -0.2) is 8.42 Å². The Morgan fingerprint density at radius 1 is 1.40 bits per heavy atom. The van der Waals surface area contributed by atoms with Crippen LogP contribution >= 0.6 is 0 Å². The molecule has 1 aromatic heterocycles. The molecule has 2 heterocycles. The third-order valence-electron chi connectivity index (χ3n) is 4.08. The third kappa shape index (κ3) is 3.42. The first kappa shape index (κ1) is 15.5. The van der Waals surface area contributed by atoms with E-state index >= 15 is 0 Å². The van der Waals surface area contributed by atoms with Crippen molar-refractivity contribution >= 4 is 10.0 Å². The molecule has 0 aromatic carbocycles. The van der Waals surface area contributed by atoms with Crippen molar-refractivity contribution in [2.75, 3.05) is 13.1 Å². The van der Waals surface area contributed by atoms with Crippen LogP contribution in [0, 0.1) is 5.92 Å². The van der Waals surface area contributed by atoms with E-state index in [0.717, 1.165) is 25.0 Å². The molecule has 0 spiro atoms. The topological polar surface area (TPSA) is 79.2 Å². The molecule has 1 aromatic rings. The molecule has 20 heavy (non-hydrogen) atoms. The van der Waals surface area contributed by atoms with E-state index in [1.807, 2.05) is 0 Å². The predicted octanol–water partition coefficient (Wildman–Crippen LogP) is 2.06. The second-order valence-corrected chi connectivity index (χ2v) is 7.49. The van der Waals surface area contributed by atoms with Gasteiger partial charge in [-0.2, -0.15) is 4.31 Å². The summed E-state index contributed by atoms with van der Waals surface area (Å²) < 4.78 is 26.8. The fourth-order valence-corrected chi connectivity index (χ4v) is 4.42. The van der Waals surface area contributed by atoms with Crippen LogP contribution in [0.5, 0.6) is 0 Å². The summed E-state index contributed by atoms with van der Waals surface area (Å²) in [6.07, 6.45) is 7.00. The van der Waals surface area contributed by atoms with Crippen molar-refractivity contribution in [2.24, 2.45) is 11.7 Å². The first-order valence-electron chi connectivity index (χ1n) is 7.45. The lowest BCUT2D eigenvalue weighted by molar-refractivity contribution is 0.400. The molecule has 3 N–H and O–H groups in total. The van der Waals surface area contributed by atoms with Crippen LogP contribution in [0.1, 0.15) is 44.7 Å². The minimum absolute atomic E-state index is 0.327. The summed E-state index contributed by atoms with van der Waals surface area (Å²) in [5.74, 6) is 0.672. The average Bonchev–Trinajstić information content (AvgIpc) is 2.80. The number of nitrogens with one attached hydrogen (secondary N) is 1. The monoisotopic (exact) mass is 299 g/mol. The van der Waals surface area contributed by atoms with Crippen LogP contribution in [-0.4, -0.2) is 30.8 Å². The molecule has 0 radical (unpaired) electrons. The summed E-state index contributed by atoms with van der Waals surface area (Å²) in [7, 11) is -3.37. The summed E-state index contributed by atoms with van der Waals surface area (Å²) in [6.45, 7) is 3.78. The Bertz CT molecular complexity index is 524. The molecule has 1 unspecified atom stereocenters. The number of rotatable bonds is 5. The molecule has 0 saturated carbocycles. The standard InChI is InChI=1S/C14H25N3O2S/c1-2-4-12-5-3-7-17(8-6-12)20(18,19)14-9-13(10-15)16-11-14/h9,11-12,16H,2-8,10,15H2,1H3. The van der Waals surface area contributed by atoms with Gasteiger partial charge in [0.05, 0.1) is 4.90 Å². The highest BCUT2D eigenvalue weighted by Gasteiger charge is 2.28. The van der Waals surface area contributed by atoms with Crippen LogP contribution < -0.4 is 5.73 Å². The molecule has 1 aliphatic rings. The van der Waals surface area contributed by atoms with Crippen molar-refractivity contribution in [3.63, 3.8) is 0 Å². The molecule has 1 aliphatic heterocycles. The molecular weight excluding hydrogens is 274 g/mol. The number of H-pyrrole nitrogens is 1. The summed E-state index contributed by atoms with van der Waals surface area (Å²) in [5, 5.41) is 0. The molecule has 1 atom stereocenters. The van der Waals surface area contributed by atoms with Gasteiger partial charge in [0.2, 0.25) is 10.0 Å². The average molecular weight is 299 g/mol. The lowest BCUT2D eigenvalue weighted by atomic mass is 9.96. The van der Waals surface area contributed by atoms with E-state index in [1.54, 1.807) is 16.6 Å². The Morgan fingerprint density at radius 3 is 2.85 bits per heavy atom. The van der Waals surface area contributed by atoms with Crippen molar-refractivity contribution < 1.29 is 8.42 Å². The molecule has 114 valence electrons. The lowest BCUT2D eigenvalue weighted by Gasteiger charge is -2.19. The molecule has 0 bridgehead atoms. The van der Waals surface area contributed by atoms with E-state index in [2.05, 4.69) is 11.9 Å². The van der Waals surface area contributed by atoms with Gasteiger partial charge in [0.15, 0.2) is 0 Å². The number of aromatic nitrogens is 1. The van der Waals surface area contributed by atoms with Gasteiger partial charge in [-0.3, -0.25) is 0 Å². The van der Waals surface area contributed by atoms with Gasteiger partial charge in [0.1, 0.15) is 0 Å². The van der Waals surface area contributed by atoms with Crippen molar-refractivity contribution in [1.82, 2.24) is 9.29 Å². The van der Waals surface area contributed by atoms with Crippen LogP contribution in [-0.2, 0) is 16.6 Å². The molecule has 2 rings (SSSR count). The fourth-order valence-electron chi connectivity index (χ4n) is 2.91. The van der Waals surface area contributed by atoms with E-state index in [0.29, 0.717) is 30.4 Å². The maximum absolute atomic E-state index is 12.6. The first-order valence-corrected chi connectivity index (χ1v) is 8.89. The summed E-state index contributed by atoms with van der Waals surface area (Å²) in [5.41, 5.74) is 6.27.